The van der Waals surface area contributed by atoms with E-state index in [4.69, 9.17) is 28.4 Å². The Balaban J connectivity index is 1.75. The predicted octanol–water partition coefficient (Wildman–Crippen LogP) is 5.73. The first-order chi connectivity index (χ1) is 19.9. The summed E-state index contributed by atoms with van der Waals surface area (Å²) < 4.78 is 34.7. The zero-order chi connectivity index (χ0) is 29.0. The molecular formula is C33H32O8. The third-order valence-corrected chi connectivity index (χ3v) is 7.06. The van der Waals surface area contributed by atoms with Gasteiger partial charge in [-0.2, -0.15) is 0 Å². The van der Waals surface area contributed by atoms with Crippen LogP contribution in [0.3, 0.4) is 0 Å². The van der Waals surface area contributed by atoms with E-state index in [1.165, 1.54) is 7.11 Å². The first-order valence-electron chi connectivity index (χ1n) is 13.2. The van der Waals surface area contributed by atoms with Crippen LogP contribution in [0.4, 0.5) is 0 Å². The lowest BCUT2D eigenvalue weighted by atomic mass is 9.82. The van der Waals surface area contributed by atoms with Gasteiger partial charge in [0, 0.05) is 27.5 Å². The van der Waals surface area contributed by atoms with Gasteiger partial charge < -0.3 is 33.5 Å². The number of fused-ring (bicyclic) bond motifs is 3. The molecule has 4 aromatic rings. The van der Waals surface area contributed by atoms with E-state index in [9.17, 15) is 9.90 Å². The molecule has 8 nitrogen and oxygen atoms in total. The van der Waals surface area contributed by atoms with Crippen LogP contribution in [0.15, 0.2) is 78.9 Å². The molecule has 1 unspecified atom stereocenters. The summed E-state index contributed by atoms with van der Waals surface area (Å²) >= 11 is 0. The van der Waals surface area contributed by atoms with Crippen LogP contribution in [0.1, 0.15) is 34.0 Å². The van der Waals surface area contributed by atoms with Crippen LogP contribution in [-0.2, 0) is 15.1 Å². The van der Waals surface area contributed by atoms with Gasteiger partial charge in [0.1, 0.15) is 28.6 Å². The maximum Gasteiger partial charge on any atom is 0.342 e. The number of carbonyl (C=O) groups excluding carboxylic acids is 1. The van der Waals surface area contributed by atoms with Gasteiger partial charge in [-0.05, 0) is 43.3 Å². The van der Waals surface area contributed by atoms with Crippen LogP contribution < -0.4 is 18.9 Å². The average Bonchev–Trinajstić information content (AvgIpc) is 3.03. The number of ether oxygens (including phenoxy) is 6. The summed E-state index contributed by atoms with van der Waals surface area (Å²) in [6.07, 6.45) is 3.06. The van der Waals surface area contributed by atoms with E-state index in [-0.39, 0.29) is 18.8 Å². The SMILES string of the molecule is COC(=O)c1c2c(c3ccccc3c1OC(C)OCCO)OC(c1ccc(OC)cc1)(c1ccc(OC)cc1)C=C2. The van der Waals surface area contributed by atoms with Crippen molar-refractivity contribution < 1.29 is 38.3 Å². The molecule has 41 heavy (non-hydrogen) atoms. The Labute approximate surface area is 238 Å². The van der Waals surface area contributed by atoms with E-state index in [0.717, 1.165) is 28.0 Å². The molecule has 0 saturated heterocycles. The molecule has 0 saturated carbocycles. The van der Waals surface area contributed by atoms with Gasteiger partial charge in [0.05, 0.1) is 34.5 Å². The molecule has 1 aliphatic rings. The van der Waals surface area contributed by atoms with Gasteiger partial charge in [-0.15, -0.1) is 0 Å². The van der Waals surface area contributed by atoms with Crippen molar-refractivity contribution in [2.45, 2.75) is 18.8 Å². The first-order valence-corrected chi connectivity index (χ1v) is 13.2. The number of methoxy groups -OCH3 is 3. The summed E-state index contributed by atoms with van der Waals surface area (Å²) in [6.45, 7) is 1.64. The fourth-order valence-electron chi connectivity index (χ4n) is 5.06. The number of aliphatic hydroxyl groups excluding tert-OH is 1. The first kappa shape index (κ1) is 28.0. The molecule has 5 rings (SSSR count). The molecule has 0 spiro atoms. The summed E-state index contributed by atoms with van der Waals surface area (Å²) in [6, 6.07) is 22.9. The second-order valence-electron chi connectivity index (χ2n) is 9.39. The van der Waals surface area contributed by atoms with Gasteiger partial charge in [-0.25, -0.2) is 4.79 Å². The molecule has 1 heterocycles. The number of esters is 1. The van der Waals surface area contributed by atoms with Crippen molar-refractivity contribution in [3.05, 3.63) is 101 Å². The van der Waals surface area contributed by atoms with Crippen molar-refractivity contribution in [2.24, 2.45) is 0 Å². The molecule has 1 atom stereocenters. The third-order valence-electron chi connectivity index (χ3n) is 7.06. The standard InChI is InChI=1S/C33H32O8/c1-21(39-20-19-34)40-31-27-8-6-5-7-26(27)30-28(29(31)32(35)38-4)17-18-33(41-30,22-9-13-24(36-2)14-10-22)23-11-15-25(37-3)16-12-23/h5-18,21,34H,19-20H2,1-4H3. The van der Waals surface area contributed by atoms with Crippen LogP contribution in [0.5, 0.6) is 23.0 Å². The monoisotopic (exact) mass is 556 g/mol. The lowest BCUT2D eigenvalue weighted by Crippen LogP contribution is -2.35. The average molecular weight is 557 g/mol. The smallest absolute Gasteiger partial charge is 0.342 e. The van der Waals surface area contributed by atoms with Crippen molar-refractivity contribution in [3.8, 4) is 23.0 Å². The topological polar surface area (TPSA) is 92.7 Å². The Morgan fingerprint density at radius 1 is 0.878 bits per heavy atom. The molecular weight excluding hydrogens is 524 g/mol. The molecule has 0 amide bonds. The van der Waals surface area contributed by atoms with Gasteiger partial charge in [0.15, 0.2) is 11.9 Å². The summed E-state index contributed by atoms with van der Waals surface area (Å²) in [4.78, 5) is 13.3. The highest BCUT2D eigenvalue weighted by Crippen LogP contribution is 2.50. The molecule has 1 aliphatic heterocycles. The Kier molecular flexibility index (Phi) is 8.14. The van der Waals surface area contributed by atoms with Gasteiger partial charge in [0.2, 0.25) is 0 Å². The Morgan fingerprint density at radius 3 is 2.00 bits per heavy atom. The zero-order valence-electron chi connectivity index (χ0n) is 23.4. The van der Waals surface area contributed by atoms with Crippen molar-refractivity contribution in [1.82, 2.24) is 0 Å². The maximum atomic E-state index is 13.3. The minimum absolute atomic E-state index is 0.0901. The molecule has 8 heteroatoms. The Hall–Kier alpha value is -4.53. The zero-order valence-corrected chi connectivity index (χ0v) is 23.4. The van der Waals surface area contributed by atoms with E-state index >= 15 is 0 Å². The van der Waals surface area contributed by atoms with Crippen molar-refractivity contribution in [3.63, 3.8) is 0 Å². The minimum atomic E-state index is -1.04. The summed E-state index contributed by atoms with van der Waals surface area (Å²) in [5, 5.41) is 10.6. The van der Waals surface area contributed by atoms with Crippen molar-refractivity contribution >= 4 is 22.8 Å². The van der Waals surface area contributed by atoms with E-state index in [1.54, 1.807) is 21.1 Å². The number of hydrogen-bond donors (Lipinski definition) is 1. The number of aliphatic hydroxyl groups is 1. The molecule has 0 aliphatic carbocycles. The van der Waals surface area contributed by atoms with Gasteiger partial charge in [0.25, 0.3) is 0 Å². The van der Waals surface area contributed by atoms with E-state index < -0.39 is 17.9 Å². The summed E-state index contributed by atoms with van der Waals surface area (Å²) in [5.41, 5.74) is 1.43. The number of hydrogen-bond acceptors (Lipinski definition) is 8. The van der Waals surface area contributed by atoms with Crippen LogP contribution in [0.25, 0.3) is 16.8 Å². The second kappa shape index (κ2) is 11.9. The summed E-state index contributed by atoms with van der Waals surface area (Å²) in [5.74, 6) is 1.68. The molecule has 0 fully saturated rings. The minimum Gasteiger partial charge on any atom is -0.497 e. The van der Waals surface area contributed by atoms with Gasteiger partial charge in [-0.1, -0.05) is 48.5 Å². The van der Waals surface area contributed by atoms with Crippen LogP contribution in [0.2, 0.25) is 0 Å². The van der Waals surface area contributed by atoms with E-state index in [2.05, 4.69) is 0 Å². The van der Waals surface area contributed by atoms with Gasteiger partial charge >= 0.3 is 5.97 Å². The molecule has 4 aromatic carbocycles. The largest absolute Gasteiger partial charge is 0.497 e. The molecule has 0 radical (unpaired) electrons. The molecule has 0 bridgehead atoms. The quantitative estimate of drug-likeness (QED) is 0.196. The van der Waals surface area contributed by atoms with E-state index in [1.807, 2.05) is 84.9 Å². The predicted molar refractivity (Wildman–Crippen MR) is 155 cm³/mol. The molecule has 0 aromatic heterocycles. The highest BCUT2D eigenvalue weighted by Gasteiger charge is 2.40. The highest BCUT2D eigenvalue weighted by molar-refractivity contribution is 6.08. The third kappa shape index (κ3) is 5.19. The van der Waals surface area contributed by atoms with Crippen LogP contribution in [-0.4, -0.2) is 51.9 Å². The van der Waals surface area contributed by atoms with E-state index in [0.29, 0.717) is 22.4 Å². The van der Waals surface area contributed by atoms with Crippen LogP contribution in [0, 0.1) is 0 Å². The van der Waals surface area contributed by atoms with Crippen LogP contribution >= 0.6 is 0 Å². The number of carbonyl (C=O) groups is 1. The summed E-state index contributed by atoms with van der Waals surface area (Å²) in [7, 11) is 4.57. The fraction of sp³-hybridized carbons (Fsp3) is 0.242. The van der Waals surface area contributed by atoms with Crippen molar-refractivity contribution in [2.75, 3.05) is 34.5 Å². The lowest BCUT2D eigenvalue weighted by Gasteiger charge is -2.37. The second-order valence-corrected chi connectivity index (χ2v) is 9.39. The normalized spacial score (nSPS) is 14.1. The molecule has 1 N–H and O–H groups in total. The van der Waals surface area contributed by atoms with Crippen molar-refractivity contribution in [1.29, 1.82) is 0 Å². The Bertz CT molecular complexity index is 1510. The highest BCUT2D eigenvalue weighted by atomic mass is 16.7. The lowest BCUT2D eigenvalue weighted by molar-refractivity contribution is -0.0757. The Morgan fingerprint density at radius 2 is 1.46 bits per heavy atom. The molecule has 212 valence electrons. The maximum absolute atomic E-state index is 13.3. The van der Waals surface area contributed by atoms with Gasteiger partial charge in [-0.3, -0.25) is 0 Å². The fourth-order valence-corrected chi connectivity index (χ4v) is 5.06. The number of benzene rings is 4. The number of rotatable bonds is 10.